The summed E-state index contributed by atoms with van der Waals surface area (Å²) in [7, 11) is 0. The van der Waals surface area contributed by atoms with Gasteiger partial charge in [-0.2, -0.15) is 6.42 Å². The van der Waals surface area contributed by atoms with Crippen molar-refractivity contribution in [3.05, 3.63) is 30.7 Å². The summed E-state index contributed by atoms with van der Waals surface area (Å²) in [6.45, 7) is 0. The minimum Gasteiger partial charge on any atom is -1.00 e. The first kappa shape index (κ1) is 18.7. The predicted molar refractivity (Wildman–Crippen MR) is 38.8 cm³/mol. The van der Waals surface area contributed by atoms with Crippen LogP contribution in [0.25, 0.3) is 0 Å². The van der Waals surface area contributed by atoms with Crippen molar-refractivity contribution in [1.82, 2.24) is 0 Å². The fourth-order valence-corrected chi connectivity index (χ4v) is 1.69. The van der Waals surface area contributed by atoms with Crippen LogP contribution in [0.4, 0.5) is 0 Å². The van der Waals surface area contributed by atoms with Gasteiger partial charge >= 0.3 is 21.7 Å². The van der Waals surface area contributed by atoms with Gasteiger partial charge in [0.1, 0.15) is 0 Å². The Morgan fingerprint density at radius 1 is 1.00 bits per heavy atom. The average molecular weight is 224 g/mol. The van der Waals surface area contributed by atoms with Crippen LogP contribution in [-0.4, -0.2) is 0 Å². The van der Waals surface area contributed by atoms with E-state index in [1.165, 1.54) is 12.8 Å². The van der Waals surface area contributed by atoms with E-state index in [2.05, 4.69) is 30.7 Å². The molecule has 0 bridgehead atoms. The van der Waals surface area contributed by atoms with E-state index in [-0.39, 0.29) is 35.8 Å². The zero-order chi connectivity index (χ0) is 6.10. The molecule has 0 saturated heterocycles. The van der Waals surface area contributed by atoms with Gasteiger partial charge in [-0.3, -0.25) is 0 Å². The molecule has 2 rings (SSSR count). The van der Waals surface area contributed by atoms with Crippen LogP contribution in [-0.2, 0) is 21.7 Å². The Hall–Kier alpha value is -0.0157. The van der Waals surface area contributed by atoms with Gasteiger partial charge in [0.2, 0.25) is 0 Å². The van der Waals surface area contributed by atoms with Crippen LogP contribution in [0.2, 0.25) is 0 Å². The van der Waals surface area contributed by atoms with Gasteiger partial charge in [-0.25, -0.2) is 0 Å². The van der Waals surface area contributed by atoms with E-state index in [4.69, 9.17) is 0 Å². The molecule has 0 heterocycles. The topological polar surface area (TPSA) is 0 Å². The Balaban J connectivity index is -0.000000250. The third-order valence-electron chi connectivity index (χ3n) is 2.24. The smallest absolute Gasteiger partial charge is 1.00 e. The van der Waals surface area contributed by atoms with E-state index < -0.39 is 0 Å². The quantitative estimate of drug-likeness (QED) is 0.283. The minimum atomic E-state index is 0. The Labute approximate surface area is 91.5 Å². The Morgan fingerprint density at radius 2 is 1.62 bits per heavy atom. The van der Waals surface area contributed by atoms with Gasteiger partial charge in [-0.1, -0.05) is 24.6 Å². The summed E-state index contributed by atoms with van der Waals surface area (Å²) >= 11 is 0. The zero-order valence-electron chi connectivity index (χ0n) is 7.09. The van der Waals surface area contributed by atoms with Crippen LogP contribution in [0.1, 0.15) is 12.8 Å². The molecule has 2 aliphatic carbocycles. The van der Waals surface area contributed by atoms with E-state index in [1.54, 1.807) is 0 Å². The molecule has 72 valence electrons. The molecule has 13 heavy (non-hydrogen) atoms. The van der Waals surface area contributed by atoms with Crippen LogP contribution in [0.15, 0.2) is 24.3 Å². The maximum Gasteiger partial charge on any atom is 4.00 e. The van der Waals surface area contributed by atoms with E-state index in [1.807, 2.05) is 0 Å². The molecule has 4 heteroatoms. The third-order valence-corrected chi connectivity index (χ3v) is 2.24. The number of rotatable bonds is 0. The van der Waals surface area contributed by atoms with Gasteiger partial charge < -0.3 is 20.5 Å². The first-order chi connectivity index (χ1) is 4.47. The predicted octanol–water partition coefficient (Wildman–Crippen LogP) is -6.65. The normalized spacial score (nSPS) is 27.1. The standard InChI is InChI=1S/C9H11.3FH.Ti/c1-2-5-9-7-3-6-8(9)4-1;;;;/h1-2,4-6,8-9H,3,7H2;3*1H;/q-1;;;;+4/p-3. The second kappa shape index (κ2) is 8.58. The molecule has 0 nitrogen and oxygen atoms in total. The zero-order valence-corrected chi connectivity index (χ0v) is 8.65. The van der Waals surface area contributed by atoms with Gasteiger partial charge in [-0.15, -0.1) is 12.0 Å². The molecule has 1 fully saturated rings. The van der Waals surface area contributed by atoms with Crippen LogP contribution in [0.3, 0.4) is 0 Å². The van der Waals surface area contributed by atoms with E-state index in [0.29, 0.717) is 0 Å². The van der Waals surface area contributed by atoms with Crippen molar-refractivity contribution in [2.45, 2.75) is 12.8 Å². The van der Waals surface area contributed by atoms with Crippen LogP contribution >= 0.6 is 0 Å². The molecule has 2 atom stereocenters. The molecule has 0 amide bonds. The molecule has 0 spiro atoms. The molecular weight excluding hydrogens is 213 g/mol. The largest absolute Gasteiger partial charge is 4.00 e. The van der Waals surface area contributed by atoms with Crippen molar-refractivity contribution < 1.29 is 35.8 Å². The van der Waals surface area contributed by atoms with Gasteiger partial charge in [0.05, 0.1) is 0 Å². The van der Waals surface area contributed by atoms with Crippen molar-refractivity contribution in [1.29, 1.82) is 0 Å². The maximum absolute atomic E-state index is 2.42. The van der Waals surface area contributed by atoms with Crippen molar-refractivity contribution in [3.8, 4) is 0 Å². The maximum atomic E-state index is 2.42. The summed E-state index contributed by atoms with van der Waals surface area (Å²) in [5.74, 6) is 1.62. The van der Waals surface area contributed by atoms with E-state index >= 15 is 0 Å². The summed E-state index contributed by atoms with van der Waals surface area (Å²) in [6.07, 6.45) is 14.1. The molecule has 0 radical (unpaired) electrons. The molecular formula is C9H11F3Ti. The van der Waals surface area contributed by atoms with E-state index in [9.17, 15) is 0 Å². The second-order valence-corrected chi connectivity index (χ2v) is 2.82. The average Bonchev–Trinajstić information content (AvgIpc) is 2.33. The fraction of sp³-hybridized carbons (Fsp3) is 0.444. The monoisotopic (exact) mass is 224 g/mol. The number of hydrogen-bond acceptors (Lipinski definition) is 0. The third kappa shape index (κ3) is 4.14. The van der Waals surface area contributed by atoms with Crippen molar-refractivity contribution in [3.63, 3.8) is 0 Å². The first-order valence-corrected chi connectivity index (χ1v) is 3.65. The SMILES string of the molecule is C1=CC2[CH-]CCC2C=C1.[F-].[F-].[F-].[Ti+4]. The van der Waals surface area contributed by atoms with Gasteiger partial charge in [-0.05, 0) is 5.92 Å². The fourth-order valence-electron chi connectivity index (χ4n) is 1.69. The van der Waals surface area contributed by atoms with Crippen molar-refractivity contribution >= 4 is 0 Å². The van der Waals surface area contributed by atoms with Crippen LogP contribution < -0.4 is 14.1 Å². The summed E-state index contributed by atoms with van der Waals surface area (Å²) in [5, 5.41) is 0. The van der Waals surface area contributed by atoms with Crippen molar-refractivity contribution in [2.75, 3.05) is 0 Å². The molecule has 0 aromatic rings. The van der Waals surface area contributed by atoms with Crippen LogP contribution in [0, 0.1) is 18.3 Å². The number of halogens is 3. The number of allylic oxidation sites excluding steroid dienone is 4. The number of hydrogen-bond donors (Lipinski definition) is 0. The molecule has 0 N–H and O–H groups in total. The van der Waals surface area contributed by atoms with Crippen LogP contribution in [0.5, 0.6) is 0 Å². The molecule has 0 aromatic carbocycles. The number of fused-ring (bicyclic) bond motifs is 1. The minimum absolute atomic E-state index is 0. The summed E-state index contributed by atoms with van der Waals surface area (Å²) in [6, 6.07) is 0. The summed E-state index contributed by atoms with van der Waals surface area (Å²) in [5.41, 5.74) is 0. The van der Waals surface area contributed by atoms with E-state index in [0.717, 1.165) is 11.8 Å². The molecule has 0 aliphatic heterocycles. The summed E-state index contributed by atoms with van der Waals surface area (Å²) < 4.78 is 0. The molecule has 0 aromatic heterocycles. The van der Waals surface area contributed by atoms with Gasteiger partial charge in [0, 0.05) is 0 Å². The molecule has 1 saturated carbocycles. The Morgan fingerprint density at radius 3 is 2.23 bits per heavy atom. The molecule has 2 unspecified atom stereocenters. The first-order valence-electron chi connectivity index (χ1n) is 3.65. The van der Waals surface area contributed by atoms with Gasteiger partial charge in [0.15, 0.2) is 0 Å². The van der Waals surface area contributed by atoms with Gasteiger partial charge in [0.25, 0.3) is 0 Å². The van der Waals surface area contributed by atoms with Crippen molar-refractivity contribution in [2.24, 2.45) is 11.8 Å². The second-order valence-electron chi connectivity index (χ2n) is 2.82. The Bertz CT molecular complexity index is 150. The Kier molecular flexibility index (Phi) is 12.3. The molecule has 2 aliphatic rings. The summed E-state index contributed by atoms with van der Waals surface area (Å²) in [4.78, 5) is 0.